The normalized spacial score (nSPS) is 20.1. The Balaban J connectivity index is 1.31. The van der Waals surface area contributed by atoms with E-state index >= 15 is 0 Å². The Morgan fingerprint density at radius 1 is 1.26 bits per heavy atom. The second kappa shape index (κ2) is 8.38. The third kappa shape index (κ3) is 3.89. The van der Waals surface area contributed by atoms with E-state index in [1.54, 1.807) is 23.0 Å². The van der Waals surface area contributed by atoms with Crippen molar-refractivity contribution in [2.24, 2.45) is 0 Å². The number of benzene rings is 1. The van der Waals surface area contributed by atoms with Crippen LogP contribution >= 0.6 is 0 Å². The minimum atomic E-state index is -0.664. The van der Waals surface area contributed by atoms with Gasteiger partial charge in [-0.3, -0.25) is 4.79 Å². The number of ether oxygens (including phenoxy) is 1. The fourth-order valence-corrected chi connectivity index (χ4v) is 5.07. The number of imidazole rings is 1. The second-order valence-electron chi connectivity index (χ2n) is 9.49. The molecule has 0 aliphatic carbocycles. The Morgan fingerprint density at radius 2 is 2.11 bits per heavy atom. The molecule has 6 rings (SSSR count). The molecule has 1 fully saturated rings. The average molecular weight is 474 g/mol. The maximum absolute atomic E-state index is 13.3. The van der Waals surface area contributed by atoms with Crippen molar-refractivity contribution in [1.29, 1.82) is 0 Å². The summed E-state index contributed by atoms with van der Waals surface area (Å²) in [5, 5.41) is 17.2. The number of hydrogen-bond acceptors (Lipinski definition) is 7. The molecule has 0 saturated carbocycles. The molecule has 0 radical (unpaired) electrons. The van der Waals surface area contributed by atoms with Gasteiger partial charge in [0.2, 0.25) is 0 Å². The standard InChI is InChI=1S/C25H27N7O3/c1-25(15-33)13-17-11-20(29-24(34)19-14-28-32-7-2-5-27-23(19)32)21(12-22(17)35-25)30-8-3-18(4-9-30)31-10-6-26-16-31/h2,5-7,10-12,14,16,18,33H,3-4,8-9,13,15H2,1H3,(H,29,34)/t25-/m1/s1. The highest BCUT2D eigenvalue weighted by Gasteiger charge is 2.36. The zero-order valence-electron chi connectivity index (χ0n) is 19.5. The number of carbonyl (C=O) groups is 1. The van der Waals surface area contributed by atoms with Gasteiger partial charge in [0, 0.05) is 62.0 Å². The highest BCUT2D eigenvalue weighted by Crippen LogP contribution is 2.43. The quantitative estimate of drug-likeness (QED) is 0.459. The number of hydrogen-bond donors (Lipinski definition) is 2. The Kier molecular flexibility index (Phi) is 5.18. The fraction of sp³-hybridized carbons (Fsp3) is 0.360. The molecule has 2 N–H and O–H groups in total. The predicted molar refractivity (Wildman–Crippen MR) is 130 cm³/mol. The maximum atomic E-state index is 13.3. The van der Waals surface area contributed by atoms with Gasteiger partial charge in [0.15, 0.2) is 5.65 Å². The molecule has 1 amide bonds. The van der Waals surface area contributed by atoms with Crippen LogP contribution in [-0.4, -0.2) is 60.5 Å². The number of anilines is 2. The van der Waals surface area contributed by atoms with Crippen molar-refractivity contribution in [3.05, 3.63) is 66.6 Å². The van der Waals surface area contributed by atoms with Gasteiger partial charge in [-0.05, 0) is 31.9 Å². The van der Waals surface area contributed by atoms with Crippen LogP contribution in [-0.2, 0) is 6.42 Å². The average Bonchev–Trinajstić information content (AvgIpc) is 3.62. The molecule has 35 heavy (non-hydrogen) atoms. The van der Waals surface area contributed by atoms with E-state index in [1.807, 2.05) is 37.8 Å². The lowest BCUT2D eigenvalue weighted by Crippen LogP contribution is -2.35. The minimum Gasteiger partial charge on any atom is -0.484 e. The molecule has 10 heteroatoms. The first-order valence-corrected chi connectivity index (χ1v) is 11.8. The molecule has 180 valence electrons. The van der Waals surface area contributed by atoms with E-state index in [4.69, 9.17) is 4.74 Å². The van der Waals surface area contributed by atoms with Gasteiger partial charge >= 0.3 is 0 Å². The molecule has 2 aliphatic rings. The fourth-order valence-electron chi connectivity index (χ4n) is 5.07. The molecule has 0 spiro atoms. The molecule has 5 heterocycles. The third-order valence-corrected chi connectivity index (χ3v) is 6.96. The van der Waals surface area contributed by atoms with E-state index in [9.17, 15) is 9.90 Å². The number of aliphatic hydroxyl groups is 1. The van der Waals surface area contributed by atoms with Crippen LogP contribution in [0.3, 0.4) is 0 Å². The molecule has 4 aromatic rings. The number of aromatic nitrogens is 5. The summed E-state index contributed by atoms with van der Waals surface area (Å²) in [5.41, 5.74) is 2.84. The van der Waals surface area contributed by atoms with Crippen LogP contribution < -0.4 is 15.0 Å². The smallest absolute Gasteiger partial charge is 0.261 e. The maximum Gasteiger partial charge on any atom is 0.261 e. The van der Waals surface area contributed by atoms with Gasteiger partial charge in [-0.2, -0.15) is 5.10 Å². The van der Waals surface area contributed by atoms with Crippen LogP contribution in [0.2, 0.25) is 0 Å². The largest absolute Gasteiger partial charge is 0.484 e. The topological polar surface area (TPSA) is 110 Å². The highest BCUT2D eigenvalue weighted by atomic mass is 16.5. The number of nitrogens with zero attached hydrogens (tertiary/aromatic N) is 6. The van der Waals surface area contributed by atoms with Crippen molar-refractivity contribution in [3.8, 4) is 5.75 Å². The highest BCUT2D eigenvalue weighted by molar-refractivity contribution is 6.09. The number of rotatable bonds is 5. The van der Waals surface area contributed by atoms with Gasteiger partial charge < -0.3 is 24.6 Å². The number of aliphatic hydroxyl groups excluding tert-OH is 1. The predicted octanol–water partition coefficient (Wildman–Crippen LogP) is 2.71. The number of nitrogens with one attached hydrogen (secondary N) is 1. The Bertz CT molecular complexity index is 1380. The van der Waals surface area contributed by atoms with Crippen LogP contribution in [0.4, 0.5) is 11.4 Å². The second-order valence-corrected chi connectivity index (χ2v) is 9.49. The third-order valence-electron chi connectivity index (χ3n) is 6.96. The molecule has 1 atom stereocenters. The lowest BCUT2D eigenvalue weighted by Gasteiger charge is -2.35. The number of carbonyl (C=O) groups excluding carboxylic acids is 1. The van der Waals surface area contributed by atoms with Crippen LogP contribution in [0, 0.1) is 0 Å². The van der Waals surface area contributed by atoms with Crippen molar-refractivity contribution >= 4 is 22.9 Å². The molecule has 3 aromatic heterocycles. The summed E-state index contributed by atoms with van der Waals surface area (Å²) in [6.07, 6.45) is 13.1. The zero-order valence-corrected chi connectivity index (χ0v) is 19.5. The van der Waals surface area contributed by atoms with Crippen molar-refractivity contribution in [2.45, 2.75) is 37.8 Å². The van der Waals surface area contributed by atoms with Crippen LogP contribution in [0.5, 0.6) is 5.75 Å². The zero-order chi connectivity index (χ0) is 24.0. The molecular formula is C25H27N7O3. The summed E-state index contributed by atoms with van der Waals surface area (Å²) < 4.78 is 9.87. The lowest BCUT2D eigenvalue weighted by atomic mass is 9.98. The first-order chi connectivity index (χ1) is 17.0. The van der Waals surface area contributed by atoms with Gasteiger partial charge in [-0.15, -0.1) is 0 Å². The van der Waals surface area contributed by atoms with Crippen LogP contribution in [0.15, 0.2) is 55.5 Å². The summed E-state index contributed by atoms with van der Waals surface area (Å²) in [6.45, 7) is 3.48. The van der Waals surface area contributed by atoms with Crippen LogP contribution in [0.1, 0.15) is 41.7 Å². The number of fused-ring (bicyclic) bond motifs is 2. The first kappa shape index (κ1) is 21.6. The summed E-state index contributed by atoms with van der Waals surface area (Å²) in [7, 11) is 0. The Hall–Kier alpha value is -3.92. The van der Waals surface area contributed by atoms with E-state index in [0.29, 0.717) is 23.7 Å². The Morgan fingerprint density at radius 3 is 2.89 bits per heavy atom. The van der Waals surface area contributed by atoms with Crippen molar-refractivity contribution in [3.63, 3.8) is 0 Å². The van der Waals surface area contributed by atoms with Gasteiger partial charge in [-0.1, -0.05) is 0 Å². The monoisotopic (exact) mass is 473 g/mol. The summed E-state index contributed by atoms with van der Waals surface area (Å²) in [5.74, 6) is 0.487. The molecule has 10 nitrogen and oxygen atoms in total. The number of piperidine rings is 1. The molecule has 0 bridgehead atoms. The summed E-state index contributed by atoms with van der Waals surface area (Å²) in [6, 6.07) is 6.15. The van der Waals surface area contributed by atoms with Gasteiger partial charge in [0.05, 0.1) is 30.5 Å². The van der Waals surface area contributed by atoms with E-state index < -0.39 is 5.60 Å². The molecular weight excluding hydrogens is 446 g/mol. The van der Waals surface area contributed by atoms with E-state index in [-0.39, 0.29) is 12.5 Å². The SMILES string of the molecule is C[C@]1(CO)Cc2cc(NC(=O)c3cnn4cccnc34)c(N3CCC(n4ccnc4)CC3)cc2O1. The number of amides is 1. The minimum absolute atomic E-state index is 0.0803. The molecule has 0 unspecified atom stereocenters. The lowest BCUT2D eigenvalue weighted by molar-refractivity contribution is 0.0447. The van der Waals surface area contributed by atoms with E-state index in [0.717, 1.165) is 48.6 Å². The van der Waals surface area contributed by atoms with Gasteiger partial charge in [0.1, 0.15) is 16.9 Å². The summed E-state index contributed by atoms with van der Waals surface area (Å²) in [4.78, 5) is 24.1. The van der Waals surface area contributed by atoms with E-state index in [2.05, 4.69) is 29.9 Å². The van der Waals surface area contributed by atoms with Crippen molar-refractivity contribution in [1.82, 2.24) is 24.1 Å². The van der Waals surface area contributed by atoms with Crippen molar-refractivity contribution < 1.29 is 14.6 Å². The molecule has 1 aromatic carbocycles. The molecule has 1 saturated heterocycles. The van der Waals surface area contributed by atoms with Gasteiger partial charge in [0.25, 0.3) is 5.91 Å². The Labute approximate surface area is 202 Å². The summed E-state index contributed by atoms with van der Waals surface area (Å²) >= 11 is 0. The van der Waals surface area contributed by atoms with Crippen LogP contribution in [0.25, 0.3) is 5.65 Å². The van der Waals surface area contributed by atoms with E-state index in [1.165, 1.54) is 6.20 Å². The van der Waals surface area contributed by atoms with Crippen molar-refractivity contribution in [2.75, 3.05) is 29.9 Å². The van der Waals surface area contributed by atoms with Gasteiger partial charge in [-0.25, -0.2) is 14.5 Å². The first-order valence-electron chi connectivity index (χ1n) is 11.8. The molecule has 2 aliphatic heterocycles.